The lowest BCUT2D eigenvalue weighted by Gasteiger charge is -2.31. The summed E-state index contributed by atoms with van der Waals surface area (Å²) >= 11 is 0. The number of anilines is 2. The highest BCUT2D eigenvalue weighted by molar-refractivity contribution is 7.47. The van der Waals surface area contributed by atoms with E-state index in [4.69, 9.17) is 39.5 Å². The Labute approximate surface area is 388 Å². The molecule has 21 heteroatoms. The zero-order valence-corrected chi connectivity index (χ0v) is 40.6. The molecule has 0 saturated carbocycles. The average molecular weight is 952 g/mol. The molecular formula is C45H75FN9O10P. The van der Waals surface area contributed by atoms with E-state index in [0.717, 1.165) is 25.7 Å². The number of amides is 1. The molecule has 3 aromatic rings. The van der Waals surface area contributed by atoms with Crippen molar-refractivity contribution in [1.82, 2.24) is 34.0 Å². The van der Waals surface area contributed by atoms with E-state index in [-0.39, 0.29) is 60.9 Å². The second-order valence-corrected chi connectivity index (χ2v) is 19.5. The van der Waals surface area contributed by atoms with E-state index < -0.39 is 68.6 Å². The molecule has 2 aliphatic heterocycles. The van der Waals surface area contributed by atoms with Crippen LogP contribution >= 0.6 is 7.82 Å². The van der Waals surface area contributed by atoms with Gasteiger partial charge in [-0.15, -0.1) is 0 Å². The van der Waals surface area contributed by atoms with Crippen LogP contribution in [0.2, 0.25) is 0 Å². The first-order valence-corrected chi connectivity index (χ1v) is 25.5. The fraction of sp³-hybridized carbons (Fsp3) is 0.778. The molecule has 5 heterocycles. The van der Waals surface area contributed by atoms with Crippen LogP contribution in [0.25, 0.3) is 11.2 Å². The fourth-order valence-corrected chi connectivity index (χ4v) is 9.99. The van der Waals surface area contributed by atoms with E-state index in [1.54, 1.807) is 18.7 Å². The summed E-state index contributed by atoms with van der Waals surface area (Å²) in [5, 5.41) is 0. The van der Waals surface area contributed by atoms with E-state index in [2.05, 4.69) is 26.9 Å². The summed E-state index contributed by atoms with van der Waals surface area (Å²) < 4.78 is 68.3. The smallest absolute Gasteiger partial charge is 0.383 e. The second kappa shape index (κ2) is 26.2. The molecule has 0 spiro atoms. The number of nitrogens with zero attached hydrogens (tertiary/aromatic N) is 7. The van der Waals surface area contributed by atoms with Gasteiger partial charge in [-0.3, -0.25) is 23.0 Å². The van der Waals surface area contributed by atoms with Gasteiger partial charge in [0.25, 0.3) is 0 Å². The average Bonchev–Trinajstić information content (AvgIpc) is 3.93. The molecule has 9 atom stereocenters. The number of unbranched alkanes of at least 4 members (excludes halogenated alkanes) is 14. The number of fused-ring (bicyclic) bond motifs is 1. The number of nitrogen functional groups attached to an aromatic ring is 2. The van der Waals surface area contributed by atoms with E-state index in [0.29, 0.717) is 6.42 Å². The number of methoxy groups -OCH3 is 1. The number of carbonyl (C=O) groups excluding carboxylic acids is 1. The Hall–Kier alpha value is -3.62. The van der Waals surface area contributed by atoms with Gasteiger partial charge in [0, 0.05) is 38.7 Å². The summed E-state index contributed by atoms with van der Waals surface area (Å²) in [7, 11) is -3.36. The number of carbonyl (C=O) groups is 1. The molecule has 0 bridgehead atoms. The number of ether oxygens (including phenoxy) is 4. The van der Waals surface area contributed by atoms with Crippen LogP contribution in [0.1, 0.15) is 150 Å². The Balaban J connectivity index is 1.34. The summed E-state index contributed by atoms with van der Waals surface area (Å²) in [5.74, 6) is -0.833. The molecular weight excluding hydrogens is 877 g/mol. The summed E-state index contributed by atoms with van der Waals surface area (Å²) in [6.07, 6.45) is 11.7. The molecule has 1 amide bonds. The molecule has 0 aliphatic carbocycles. The molecule has 0 radical (unpaired) electrons. The minimum absolute atomic E-state index is 0.0465. The van der Waals surface area contributed by atoms with Gasteiger partial charge in [-0.2, -0.15) is 4.98 Å². The van der Waals surface area contributed by atoms with Gasteiger partial charge in [-0.1, -0.05) is 96.8 Å². The standard InChI is InChI=1S/C45H75FN9O10P/c1-7-8-9-10-11-12-13-14-15-16-17-18-19-20-21-23-53(36(56)25-32-34(27-61-30(2)3)63-44(39(32)60-6)54-24-22-35(47)52-45(54)57)26-33-40(65-66(58,59)64-31(4)5)37(46)43(62-33)55-29-51-38-41(48)49-28-50-42(38)55/h22,24,28-34,37,39-40,43-44H,7-21,23,25-27H2,1-6H3,(H,58,59)(H2,47,52,57)(H2,48,49,50)/t32-,33-,34-,37-,39-,40-,43-,44-/m1/s1. The summed E-state index contributed by atoms with van der Waals surface area (Å²) in [4.78, 5) is 56.6. The van der Waals surface area contributed by atoms with Gasteiger partial charge < -0.3 is 40.2 Å². The van der Waals surface area contributed by atoms with E-state index in [1.165, 1.54) is 105 Å². The Morgan fingerprint density at radius 1 is 0.879 bits per heavy atom. The van der Waals surface area contributed by atoms with Crippen molar-refractivity contribution >= 4 is 36.5 Å². The first-order valence-electron chi connectivity index (χ1n) is 24.0. The van der Waals surface area contributed by atoms with Crippen LogP contribution in [0.3, 0.4) is 0 Å². The predicted molar refractivity (Wildman–Crippen MR) is 248 cm³/mol. The fourth-order valence-electron chi connectivity index (χ4n) is 8.84. The van der Waals surface area contributed by atoms with Crippen LogP contribution in [0.15, 0.2) is 29.7 Å². The summed E-state index contributed by atoms with van der Waals surface area (Å²) in [6.45, 7) is 9.26. The number of halogens is 1. The molecule has 0 aromatic carbocycles. The van der Waals surface area contributed by atoms with Gasteiger partial charge in [-0.25, -0.2) is 28.7 Å². The highest BCUT2D eigenvalue weighted by atomic mass is 31.2. The Morgan fingerprint density at radius 3 is 2.09 bits per heavy atom. The van der Waals surface area contributed by atoms with Crippen LogP contribution in [0, 0.1) is 5.92 Å². The lowest BCUT2D eigenvalue weighted by atomic mass is 9.93. The molecule has 372 valence electrons. The quantitative estimate of drug-likeness (QED) is 0.0434. The number of alkyl halides is 1. The summed E-state index contributed by atoms with van der Waals surface area (Å²) in [6, 6.07) is 1.48. The molecule has 3 aromatic heterocycles. The van der Waals surface area contributed by atoms with Crippen LogP contribution in [-0.2, 0) is 37.4 Å². The van der Waals surface area contributed by atoms with Crippen molar-refractivity contribution in [2.45, 2.75) is 193 Å². The molecule has 5 rings (SSSR count). The van der Waals surface area contributed by atoms with Crippen molar-refractivity contribution < 1.29 is 46.6 Å². The van der Waals surface area contributed by atoms with Crippen LogP contribution in [0.5, 0.6) is 0 Å². The van der Waals surface area contributed by atoms with Gasteiger partial charge in [0.15, 0.2) is 30.1 Å². The lowest BCUT2D eigenvalue weighted by Crippen LogP contribution is -2.45. The highest BCUT2D eigenvalue weighted by Gasteiger charge is 2.52. The SMILES string of the molecule is CCCCCCCCCCCCCCCCCN(C[C@H]1O[C@@H](n2cnc3c(N)ncnc32)[C@H](F)[C@@H]1OP(=O)(O)OC(C)C)C(=O)C[C@H]1[C@@H](OC)[C@H](n2ccc(N)nc2=O)O[C@@H]1COC(C)C. The maximum absolute atomic E-state index is 16.8. The number of phosphoric ester groups is 1. The topological polar surface area (TPSA) is 244 Å². The molecule has 1 unspecified atom stereocenters. The van der Waals surface area contributed by atoms with E-state index >= 15 is 4.39 Å². The number of imidazole rings is 1. The van der Waals surface area contributed by atoms with Crippen LogP contribution in [0.4, 0.5) is 16.0 Å². The van der Waals surface area contributed by atoms with Crippen molar-refractivity contribution in [1.29, 1.82) is 0 Å². The van der Waals surface area contributed by atoms with Gasteiger partial charge >= 0.3 is 13.5 Å². The van der Waals surface area contributed by atoms with Crippen LogP contribution < -0.4 is 17.2 Å². The predicted octanol–water partition coefficient (Wildman–Crippen LogP) is 7.44. The van der Waals surface area contributed by atoms with Gasteiger partial charge in [-0.05, 0) is 40.2 Å². The second-order valence-electron chi connectivity index (χ2n) is 18.1. The molecule has 2 saturated heterocycles. The zero-order valence-electron chi connectivity index (χ0n) is 39.7. The summed E-state index contributed by atoms with van der Waals surface area (Å²) in [5.41, 5.74) is 11.6. The maximum atomic E-state index is 16.8. The van der Waals surface area contributed by atoms with Gasteiger partial charge in [0.05, 0.1) is 31.2 Å². The normalized spacial score (nSPS) is 24.2. The van der Waals surface area contributed by atoms with Crippen LogP contribution in [-0.4, -0.2) is 114 Å². The monoisotopic (exact) mass is 952 g/mol. The largest absolute Gasteiger partial charge is 0.472 e. The van der Waals surface area contributed by atoms with Gasteiger partial charge in [0.1, 0.15) is 36.0 Å². The number of nitrogens with two attached hydrogens (primary N) is 2. The molecule has 2 fully saturated rings. The molecule has 66 heavy (non-hydrogen) atoms. The number of rotatable bonds is 30. The Bertz CT molecular complexity index is 2040. The van der Waals surface area contributed by atoms with Crippen molar-refractivity contribution in [3.8, 4) is 0 Å². The molecule has 19 nitrogen and oxygen atoms in total. The zero-order chi connectivity index (χ0) is 47.8. The van der Waals surface area contributed by atoms with Crippen molar-refractivity contribution in [2.75, 3.05) is 38.3 Å². The highest BCUT2D eigenvalue weighted by Crippen LogP contribution is 2.50. The maximum Gasteiger partial charge on any atom is 0.472 e. The third-order valence-corrected chi connectivity index (χ3v) is 13.4. The van der Waals surface area contributed by atoms with Crippen molar-refractivity contribution in [3.63, 3.8) is 0 Å². The van der Waals surface area contributed by atoms with Crippen molar-refractivity contribution in [2.24, 2.45) is 5.92 Å². The Kier molecular flexibility index (Phi) is 21.2. The molecule has 5 N–H and O–H groups in total. The minimum atomic E-state index is -4.84. The number of aromatic nitrogens is 6. The first-order chi connectivity index (χ1) is 31.6. The van der Waals surface area contributed by atoms with Crippen molar-refractivity contribution in [3.05, 3.63) is 35.4 Å². The van der Waals surface area contributed by atoms with E-state index in [9.17, 15) is 19.0 Å². The van der Waals surface area contributed by atoms with Gasteiger partial charge in [0.2, 0.25) is 5.91 Å². The number of phosphoric acid groups is 1. The Morgan fingerprint density at radius 2 is 1.50 bits per heavy atom. The lowest BCUT2D eigenvalue weighted by molar-refractivity contribution is -0.137. The van der Waals surface area contributed by atoms with E-state index in [1.807, 2.05) is 13.8 Å². The molecule has 2 aliphatic rings. The number of hydrogen-bond acceptors (Lipinski definition) is 15. The third kappa shape index (κ3) is 15.2. The third-order valence-electron chi connectivity index (χ3n) is 12.2. The first kappa shape index (κ1) is 53.3. The number of hydrogen-bond donors (Lipinski definition) is 3. The minimum Gasteiger partial charge on any atom is -0.383 e.